The maximum absolute atomic E-state index is 12.9. The van der Waals surface area contributed by atoms with Gasteiger partial charge in [-0.1, -0.05) is 18.2 Å². The van der Waals surface area contributed by atoms with Gasteiger partial charge in [0.25, 0.3) is 0 Å². The molecule has 4 aromatic rings. The molecule has 2 aliphatic heterocycles. The summed E-state index contributed by atoms with van der Waals surface area (Å²) >= 11 is 0. The molecule has 1 aromatic carbocycles. The number of pyridine rings is 1. The van der Waals surface area contributed by atoms with E-state index in [1.807, 2.05) is 37.3 Å². The van der Waals surface area contributed by atoms with E-state index in [0.29, 0.717) is 29.5 Å². The van der Waals surface area contributed by atoms with E-state index in [0.717, 1.165) is 75.5 Å². The highest BCUT2D eigenvalue weighted by atomic mass is 16.2. The Hall–Kier alpha value is -4.48. The molecule has 4 N–H and O–H groups in total. The first-order valence-corrected chi connectivity index (χ1v) is 15.0. The van der Waals surface area contributed by atoms with Crippen LogP contribution in [0.15, 0.2) is 67.0 Å². The Labute approximate surface area is 252 Å². The average Bonchev–Trinajstić information content (AvgIpc) is 3.03. The number of carbonyl (C=O) groups is 1. The summed E-state index contributed by atoms with van der Waals surface area (Å²) in [6.07, 6.45) is 7.44. The third kappa shape index (κ3) is 7.88. The standard InChI is InChI=1S/C32H38N10O/c1-22-4-2-6-27(36-22)30-34-17-13-28(40-30)39-29-14-18-35-32(41-29)38-25-9-7-23(8-10-25)20-42-19-3-5-24(21-42)31(43)37-26-11-15-33-16-12-26/h2,4,6-10,13-14,17-18,24,26,33H,3,5,11-12,15-16,19-21H2,1H3,(H,37,43)(H2,34,35,38,39,40,41). The fraction of sp³-hybridized carbons (Fsp3) is 0.375. The first-order valence-electron chi connectivity index (χ1n) is 15.0. The minimum atomic E-state index is 0.0655. The van der Waals surface area contributed by atoms with E-state index in [1.165, 1.54) is 5.56 Å². The van der Waals surface area contributed by atoms with E-state index in [1.54, 1.807) is 24.5 Å². The Kier molecular flexibility index (Phi) is 9.10. The molecule has 1 atom stereocenters. The lowest BCUT2D eigenvalue weighted by Gasteiger charge is -2.33. The molecule has 3 aromatic heterocycles. The number of aromatic nitrogens is 5. The summed E-state index contributed by atoms with van der Waals surface area (Å²) in [4.78, 5) is 37.7. The predicted molar refractivity (Wildman–Crippen MR) is 167 cm³/mol. The van der Waals surface area contributed by atoms with Crippen molar-refractivity contribution in [3.8, 4) is 11.5 Å². The number of nitrogens with zero attached hydrogens (tertiary/aromatic N) is 6. The number of benzene rings is 1. The van der Waals surface area contributed by atoms with E-state index in [-0.39, 0.29) is 11.8 Å². The summed E-state index contributed by atoms with van der Waals surface area (Å²) < 4.78 is 0. The van der Waals surface area contributed by atoms with Gasteiger partial charge in [-0.15, -0.1) is 0 Å². The number of aryl methyl sites for hydroxylation is 1. The molecule has 11 nitrogen and oxygen atoms in total. The molecule has 0 aliphatic carbocycles. The average molecular weight is 579 g/mol. The van der Waals surface area contributed by atoms with Crippen molar-refractivity contribution in [2.45, 2.75) is 45.2 Å². The summed E-state index contributed by atoms with van der Waals surface area (Å²) in [6.45, 7) is 6.55. The van der Waals surface area contributed by atoms with Gasteiger partial charge < -0.3 is 21.3 Å². The Morgan fingerprint density at radius 3 is 2.51 bits per heavy atom. The second-order valence-corrected chi connectivity index (χ2v) is 11.2. The first kappa shape index (κ1) is 28.6. The topological polar surface area (TPSA) is 133 Å². The predicted octanol–water partition coefficient (Wildman–Crippen LogP) is 4.20. The summed E-state index contributed by atoms with van der Waals surface area (Å²) in [5.74, 6) is 2.53. The smallest absolute Gasteiger partial charge is 0.229 e. The molecular formula is C32H38N10O. The highest BCUT2D eigenvalue weighted by Gasteiger charge is 2.27. The van der Waals surface area contributed by atoms with Crippen LogP contribution < -0.4 is 21.3 Å². The highest BCUT2D eigenvalue weighted by Crippen LogP contribution is 2.22. The normalized spacial score (nSPS) is 17.7. The van der Waals surface area contributed by atoms with Crippen LogP contribution in [0, 0.1) is 12.8 Å². The van der Waals surface area contributed by atoms with Gasteiger partial charge in [0.1, 0.15) is 17.3 Å². The van der Waals surface area contributed by atoms with Crippen LogP contribution in [0.3, 0.4) is 0 Å². The molecule has 0 saturated carbocycles. The number of amides is 1. The molecule has 5 heterocycles. The van der Waals surface area contributed by atoms with Crippen LogP contribution in [-0.2, 0) is 11.3 Å². The lowest BCUT2D eigenvalue weighted by atomic mass is 9.95. The monoisotopic (exact) mass is 578 g/mol. The van der Waals surface area contributed by atoms with Crippen LogP contribution in [0.2, 0.25) is 0 Å². The van der Waals surface area contributed by atoms with Crippen molar-refractivity contribution in [1.29, 1.82) is 0 Å². The molecular weight excluding hydrogens is 540 g/mol. The van der Waals surface area contributed by atoms with Crippen molar-refractivity contribution >= 4 is 29.2 Å². The van der Waals surface area contributed by atoms with Crippen molar-refractivity contribution in [2.75, 3.05) is 36.8 Å². The van der Waals surface area contributed by atoms with Crippen LogP contribution in [-0.4, -0.2) is 67.9 Å². The third-order valence-corrected chi connectivity index (χ3v) is 7.86. The molecule has 0 bridgehead atoms. The van der Waals surface area contributed by atoms with Crippen LogP contribution in [0.1, 0.15) is 36.9 Å². The fourth-order valence-electron chi connectivity index (χ4n) is 5.62. The largest absolute Gasteiger partial charge is 0.353 e. The van der Waals surface area contributed by atoms with Gasteiger partial charge >= 0.3 is 0 Å². The van der Waals surface area contributed by atoms with Gasteiger partial charge in [0.05, 0.1) is 5.92 Å². The van der Waals surface area contributed by atoms with Gasteiger partial charge in [0.15, 0.2) is 5.82 Å². The molecule has 2 saturated heterocycles. The van der Waals surface area contributed by atoms with Crippen LogP contribution >= 0.6 is 0 Å². The molecule has 222 valence electrons. The maximum atomic E-state index is 12.9. The van der Waals surface area contributed by atoms with Crippen molar-refractivity contribution in [3.05, 3.63) is 78.2 Å². The molecule has 0 spiro atoms. The van der Waals surface area contributed by atoms with Crippen LogP contribution in [0.4, 0.5) is 23.3 Å². The van der Waals surface area contributed by atoms with Crippen LogP contribution in [0.5, 0.6) is 0 Å². The maximum Gasteiger partial charge on any atom is 0.229 e. The highest BCUT2D eigenvalue weighted by molar-refractivity contribution is 5.79. The number of hydrogen-bond donors (Lipinski definition) is 4. The van der Waals surface area contributed by atoms with Crippen molar-refractivity contribution in [1.82, 2.24) is 40.5 Å². The molecule has 6 rings (SSSR count). The second kappa shape index (κ2) is 13.7. The molecule has 1 unspecified atom stereocenters. The Morgan fingerprint density at radius 1 is 0.907 bits per heavy atom. The number of carbonyl (C=O) groups excluding carboxylic acids is 1. The number of hydrogen-bond acceptors (Lipinski definition) is 10. The zero-order chi connectivity index (χ0) is 29.4. The van der Waals surface area contributed by atoms with Crippen molar-refractivity contribution in [2.24, 2.45) is 5.92 Å². The number of piperidine rings is 2. The first-order chi connectivity index (χ1) is 21.1. The van der Waals surface area contributed by atoms with Crippen molar-refractivity contribution in [3.63, 3.8) is 0 Å². The minimum absolute atomic E-state index is 0.0655. The lowest BCUT2D eigenvalue weighted by Crippen LogP contribution is -2.48. The van der Waals surface area contributed by atoms with Gasteiger partial charge in [-0.05, 0) is 94.2 Å². The lowest BCUT2D eigenvalue weighted by molar-refractivity contribution is -0.127. The van der Waals surface area contributed by atoms with Crippen molar-refractivity contribution < 1.29 is 4.79 Å². The summed E-state index contributed by atoms with van der Waals surface area (Å²) in [6, 6.07) is 18.0. The molecule has 11 heteroatoms. The number of anilines is 4. The Bertz CT molecular complexity index is 1520. The Morgan fingerprint density at radius 2 is 1.70 bits per heavy atom. The summed E-state index contributed by atoms with van der Waals surface area (Å²) in [7, 11) is 0. The second-order valence-electron chi connectivity index (χ2n) is 11.2. The summed E-state index contributed by atoms with van der Waals surface area (Å²) in [5, 5.41) is 13.2. The van der Waals surface area contributed by atoms with Gasteiger partial charge in [-0.3, -0.25) is 9.69 Å². The number of likely N-dealkylation sites (tertiary alicyclic amines) is 1. The molecule has 2 aliphatic rings. The van der Waals surface area contributed by atoms with E-state index < -0.39 is 0 Å². The van der Waals surface area contributed by atoms with Crippen LogP contribution in [0.25, 0.3) is 11.5 Å². The molecule has 0 radical (unpaired) electrons. The SMILES string of the molecule is Cc1cccc(-c2nccc(Nc3ccnc(Nc4ccc(CN5CCCC(C(=O)NC6CCNCC6)C5)cc4)n3)n2)n1. The Balaban J connectivity index is 1.03. The third-order valence-electron chi connectivity index (χ3n) is 7.86. The van der Waals surface area contributed by atoms with E-state index in [9.17, 15) is 4.79 Å². The molecule has 1 amide bonds. The molecule has 43 heavy (non-hydrogen) atoms. The fourth-order valence-corrected chi connectivity index (χ4v) is 5.62. The zero-order valence-electron chi connectivity index (χ0n) is 24.5. The van der Waals surface area contributed by atoms with Gasteiger partial charge in [-0.2, -0.15) is 4.98 Å². The molecule has 2 fully saturated rings. The zero-order valence-corrected chi connectivity index (χ0v) is 24.5. The number of nitrogens with one attached hydrogen (secondary N) is 4. The van der Waals surface area contributed by atoms with E-state index in [2.05, 4.69) is 63.2 Å². The van der Waals surface area contributed by atoms with Gasteiger partial charge in [0, 0.05) is 42.9 Å². The quantitative estimate of drug-likeness (QED) is 0.229. The summed E-state index contributed by atoms with van der Waals surface area (Å²) in [5.41, 5.74) is 3.74. The van der Waals surface area contributed by atoms with Gasteiger partial charge in [-0.25, -0.2) is 19.9 Å². The van der Waals surface area contributed by atoms with Gasteiger partial charge in [0.2, 0.25) is 11.9 Å². The van der Waals surface area contributed by atoms with E-state index in [4.69, 9.17) is 0 Å². The van der Waals surface area contributed by atoms with E-state index >= 15 is 0 Å². The minimum Gasteiger partial charge on any atom is -0.353 e. The number of rotatable bonds is 9.